The van der Waals surface area contributed by atoms with Gasteiger partial charge in [0.15, 0.2) is 0 Å². The van der Waals surface area contributed by atoms with Crippen molar-refractivity contribution in [3.05, 3.63) is 71.3 Å². The molecule has 0 N–H and O–H groups in total. The van der Waals surface area contributed by atoms with E-state index in [0.717, 1.165) is 11.1 Å². The van der Waals surface area contributed by atoms with Gasteiger partial charge in [0, 0.05) is 11.1 Å². The maximum absolute atomic E-state index is 13.4. The Balaban J connectivity index is 2.31. The van der Waals surface area contributed by atoms with Gasteiger partial charge in [0.2, 0.25) is 0 Å². The maximum atomic E-state index is 13.4. The Bertz CT molecular complexity index is 564. The van der Waals surface area contributed by atoms with Gasteiger partial charge in [-0.1, -0.05) is 38.1 Å². The highest BCUT2D eigenvalue weighted by Crippen LogP contribution is 2.38. The zero-order valence-electron chi connectivity index (χ0n) is 12.8. The predicted octanol–water partition coefficient (Wildman–Crippen LogP) is 5.32. The summed E-state index contributed by atoms with van der Waals surface area (Å²) in [5.41, 5.74) is 1.46. The average Bonchev–Trinajstić information content (AvgIpc) is 2.49. The van der Waals surface area contributed by atoms with E-state index in [0.29, 0.717) is 12.8 Å². The first-order valence-corrected chi connectivity index (χ1v) is 8.74. The predicted molar refractivity (Wildman–Crippen MR) is 87.0 cm³/mol. The summed E-state index contributed by atoms with van der Waals surface area (Å²) in [7, 11) is 0. The Morgan fingerprint density at radius 2 is 1.27 bits per heavy atom. The smallest absolute Gasteiger partial charge is 0.141 e. The van der Waals surface area contributed by atoms with Crippen LogP contribution in [0.25, 0.3) is 0 Å². The van der Waals surface area contributed by atoms with E-state index < -0.39 is 11.2 Å². The van der Waals surface area contributed by atoms with Gasteiger partial charge in [0.1, 0.15) is 22.1 Å². The molecule has 2 rings (SSSR count). The molecule has 0 saturated carbocycles. The van der Waals surface area contributed by atoms with Gasteiger partial charge in [0.25, 0.3) is 0 Å². The minimum Gasteiger partial charge on any atom is -0.615 e. The van der Waals surface area contributed by atoms with Crippen molar-refractivity contribution in [1.29, 1.82) is 0 Å². The molecule has 2 aromatic rings. The van der Waals surface area contributed by atoms with Gasteiger partial charge in [-0.25, -0.2) is 8.78 Å². The largest absolute Gasteiger partial charge is 0.615 e. The van der Waals surface area contributed by atoms with Crippen LogP contribution in [0.4, 0.5) is 8.78 Å². The van der Waals surface area contributed by atoms with Crippen molar-refractivity contribution < 1.29 is 13.3 Å². The lowest BCUT2D eigenvalue weighted by molar-refractivity contribution is 0.558. The van der Waals surface area contributed by atoms with Gasteiger partial charge in [-0.2, -0.15) is 0 Å². The number of hydrogen-bond donors (Lipinski definition) is 0. The normalized spacial score (nSPS) is 15.3. The molecule has 0 aromatic heterocycles. The molecule has 0 fully saturated rings. The van der Waals surface area contributed by atoms with E-state index in [2.05, 4.69) is 0 Å². The third kappa shape index (κ3) is 3.87. The van der Waals surface area contributed by atoms with E-state index in [9.17, 15) is 13.3 Å². The third-order valence-corrected chi connectivity index (χ3v) is 6.08. The molecule has 0 bridgehead atoms. The molecule has 0 aliphatic rings. The van der Waals surface area contributed by atoms with Gasteiger partial charge in [-0.3, -0.25) is 0 Å². The van der Waals surface area contributed by atoms with Crippen LogP contribution in [0.2, 0.25) is 0 Å². The second-order valence-corrected chi connectivity index (χ2v) is 7.03. The standard InChI is InChI=1S/C18H20F2OS/c1-3-17(13-7-5-9-15(19)11-13)22(21)18(4-2)14-8-6-10-16(20)12-14/h5-12,17-18H,3-4H2,1-2H3. The minimum absolute atomic E-state index is 0.260. The van der Waals surface area contributed by atoms with Crippen LogP contribution in [0, 0.1) is 11.6 Å². The van der Waals surface area contributed by atoms with Gasteiger partial charge in [-0.05, 0) is 48.3 Å². The van der Waals surface area contributed by atoms with Crippen molar-refractivity contribution in [2.45, 2.75) is 37.2 Å². The molecule has 118 valence electrons. The summed E-state index contributed by atoms with van der Waals surface area (Å²) in [6, 6.07) is 12.5. The highest BCUT2D eigenvalue weighted by Gasteiger charge is 2.31. The van der Waals surface area contributed by atoms with E-state index in [1.54, 1.807) is 24.3 Å². The topological polar surface area (TPSA) is 23.1 Å². The number of rotatable bonds is 6. The lowest BCUT2D eigenvalue weighted by Gasteiger charge is -2.28. The van der Waals surface area contributed by atoms with E-state index >= 15 is 0 Å². The van der Waals surface area contributed by atoms with Crippen LogP contribution in [-0.2, 0) is 11.2 Å². The highest BCUT2D eigenvalue weighted by atomic mass is 32.2. The minimum atomic E-state index is -1.25. The van der Waals surface area contributed by atoms with Crippen LogP contribution in [0.3, 0.4) is 0 Å². The molecule has 2 aromatic carbocycles. The lowest BCUT2D eigenvalue weighted by Crippen LogP contribution is -2.20. The monoisotopic (exact) mass is 322 g/mol. The molecule has 0 aliphatic carbocycles. The van der Waals surface area contributed by atoms with Crippen molar-refractivity contribution in [1.82, 2.24) is 0 Å². The fraction of sp³-hybridized carbons (Fsp3) is 0.333. The summed E-state index contributed by atoms with van der Waals surface area (Å²) in [4.78, 5) is 0. The van der Waals surface area contributed by atoms with Gasteiger partial charge in [-0.15, -0.1) is 0 Å². The summed E-state index contributed by atoms with van der Waals surface area (Å²) >= 11 is -1.25. The quantitative estimate of drug-likeness (QED) is 0.660. The van der Waals surface area contributed by atoms with Gasteiger partial charge in [0.05, 0.1) is 0 Å². The summed E-state index contributed by atoms with van der Waals surface area (Å²) < 4.78 is 39.9. The fourth-order valence-corrected chi connectivity index (χ4v) is 4.56. The van der Waals surface area contributed by atoms with E-state index in [4.69, 9.17) is 0 Å². The first kappa shape index (κ1) is 17.0. The SMILES string of the molecule is CCC(c1cccc(F)c1)[S+]([O-])C(CC)c1cccc(F)c1. The van der Waals surface area contributed by atoms with Crippen molar-refractivity contribution in [3.63, 3.8) is 0 Å². The van der Waals surface area contributed by atoms with Crippen molar-refractivity contribution in [2.24, 2.45) is 0 Å². The first-order valence-electron chi connectivity index (χ1n) is 7.47. The molecule has 0 aliphatic heterocycles. The second kappa shape index (κ2) is 7.75. The van der Waals surface area contributed by atoms with Gasteiger partial charge >= 0.3 is 0 Å². The molecule has 2 unspecified atom stereocenters. The number of benzene rings is 2. The van der Waals surface area contributed by atoms with Crippen LogP contribution >= 0.6 is 0 Å². The molecule has 2 atom stereocenters. The zero-order valence-corrected chi connectivity index (χ0v) is 13.6. The molecule has 22 heavy (non-hydrogen) atoms. The molecule has 0 amide bonds. The number of hydrogen-bond acceptors (Lipinski definition) is 1. The van der Waals surface area contributed by atoms with Crippen LogP contribution in [0.15, 0.2) is 48.5 Å². The van der Waals surface area contributed by atoms with E-state index in [1.165, 1.54) is 24.3 Å². The Hall–Kier alpha value is -1.39. The number of halogens is 2. The first-order chi connectivity index (χ1) is 10.6. The Morgan fingerprint density at radius 1 is 0.864 bits per heavy atom. The summed E-state index contributed by atoms with van der Waals surface area (Å²) in [6.45, 7) is 3.87. The molecule has 4 heteroatoms. The van der Waals surface area contributed by atoms with Gasteiger partial charge < -0.3 is 4.55 Å². The van der Waals surface area contributed by atoms with Crippen LogP contribution in [0.5, 0.6) is 0 Å². The maximum Gasteiger partial charge on any atom is 0.141 e. The second-order valence-electron chi connectivity index (χ2n) is 5.23. The van der Waals surface area contributed by atoms with Crippen LogP contribution in [-0.4, -0.2) is 4.55 Å². The van der Waals surface area contributed by atoms with Crippen molar-refractivity contribution in [3.8, 4) is 0 Å². The molecular formula is C18H20F2OS. The van der Waals surface area contributed by atoms with Crippen LogP contribution < -0.4 is 0 Å². The Morgan fingerprint density at radius 3 is 1.59 bits per heavy atom. The Labute approximate surface area is 133 Å². The zero-order chi connectivity index (χ0) is 16.1. The molecule has 0 heterocycles. The van der Waals surface area contributed by atoms with Crippen molar-refractivity contribution >= 4 is 11.2 Å². The molecule has 0 radical (unpaired) electrons. The molecular weight excluding hydrogens is 302 g/mol. The average molecular weight is 322 g/mol. The molecule has 1 nitrogen and oxygen atoms in total. The lowest BCUT2D eigenvalue weighted by atomic mass is 10.1. The third-order valence-electron chi connectivity index (χ3n) is 3.74. The molecule has 0 spiro atoms. The highest BCUT2D eigenvalue weighted by molar-refractivity contribution is 7.91. The molecule has 0 saturated heterocycles. The van der Waals surface area contributed by atoms with Crippen LogP contribution in [0.1, 0.15) is 48.3 Å². The Kier molecular flexibility index (Phi) is 5.98. The summed E-state index contributed by atoms with van der Waals surface area (Å²) in [5.74, 6) is -0.654. The fourth-order valence-electron chi connectivity index (χ4n) is 2.68. The summed E-state index contributed by atoms with van der Waals surface area (Å²) in [5, 5.41) is -0.521. The van der Waals surface area contributed by atoms with Crippen molar-refractivity contribution in [2.75, 3.05) is 0 Å². The van der Waals surface area contributed by atoms with E-state index in [1.807, 2.05) is 13.8 Å². The summed E-state index contributed by atoms with van der Waals surface area (Å²) in [6.07, 6.45) is 1.28. The van der Waals surface area contributed by atoms with E-state index in [-0.39, 0.29) is 22.1 Å².